The number of esters is 1. The predicted octanol–water partition coefficient (Wildman–Crippen LogP) is 3.64. The molecule has 1 saturated heterocycles. The van der Waals surface area contributed by atoms with E-state index >= 15 is 0 Å². The Morgan fingerprint density at radius 3 is 2.78 bits per heavy atom. The zero-order valence-electron chi connectivity index (χ0n) is 18.7. The molecule has 1 fully saturated rings. The number of nitrogens with one attached hydrogen (secondary N) is 1. The molecule has 0 saturated carbocycles. The van der Waals surface area contributed by atoms with Crippen LogP contribution in [0.15, 0.2) is 28.9 Å². The molecule has 0 radical (unpaired) electrons. The Kier molecular flexibility index (Phi) is 10.4. The Bertz CT molecular complexity index is 812. The largest absolute Gasteiger partial charge is 0.463 e. The average molecular weight is 472 g/mol. The number of thiazole rings is 1. The van der Waals surface area contributed by atoms with Gasteiger partial charge in [-0.2, -0.15) is 0 Å². The van der Waals surface area contributed by atoms with E-state index in [1.807, 2.05) is 25.3 Å². The van der Waals surface area contributed by atoms with E-state index < -0.39 is 24.5 Å². The summed E-state index contributed by atoms with van der Waals surface area (Å²) in [6, 6.07) is -0.583. The number of likely N-dealkylation sites (tertiary alicyclic amines) is 1. The Balaban J connectivity index is 2.38. The van der Waals surface area contributed by atoms with Crippen molar-refractivity contribution in [3.05, 3.63) is 33.9 Å². The molecule has 2 heterocycles. The van der Waals surface area contributed by atoms with Crippen molar-refractivity contribution >= 4 is 29.3 Å². The van der Waals surface area contributed by atoms with E-state index in [1.165, 1.54) is 11.3 Å². The number of carbonyl (C=O) groups is 2. The van der Waals surface area contributed by atoms with Gasteiger partial charge in [0.05, 0.1) is 31.0 Å². The average Bonchev–Trinajstić information content (AvgIpc) is 3.36. The van der Waals surface area contributed by atoms with Gasteiger partial charge < -0.3 is 19.6 Å². The van der Waals surface area contributed by atoms with Crippen LogP contribution in [0.25, 0.3) is 5.70 Å². The molecule has 0 aliphatic carbocycles. The summed E-state index contributed by atoms with van der Waals surface area (Å²) in [7, 11) is 0. The van der Waals surface area contributed by atoms with Gasteiger partial charge in [-0.05, 0) is 19.8 Å². The summed E-state index contributed by atoms with van der Waals surface area (Å²) in [5.41, 5.74) is 1.61. The summed E-state index contributed by atoms with van der Waals surface area (Å²) in [6.07, 6.45) is 4.94. The van der Waals surface area contributed by atoms with Crippen molar-refractivity contribution in [2.45, 2.75) is 52.0 Å². The van der Waals surface area contributed by atoms with E-state index in [4.69, 9.17) is 9.47 Å². The minimum absolute atomic E-state index is 0.00656. The molecule has 1 aliphatic heterocycles. The van der Waals surface area contributed by atoms with Crippen LogP contribution in [-0.2, 0) is 19.1 Å². The van der Waals surface area contributed by atoms with Gasteiger partial charge in [0.15, 0.2) is 0 Å². The first-order valence-corrected chi connectivity index (χ1v) is 11.6. The number of hydrogen-bond donors (Lipinski definition) is 1. The molecular formula is C22H31F2N3O4S. The summed E-state index contributed by atoms with van der Waals surface area (Å²) in [4.78, 5) is 29.1. The zero-order valence-corrected chi connectivity index (χ0v) is 19.6. The van der Waals surface area contributed by atoms with Crippen molar-refractivity contribution < 1.29 is 27.8 Å². The number of rotatable bonds is 13. The van der Waals surface area contributed by atoms with E-state index in [0.29, 0.717) is 29.7 Å². The molecule has 32 heavy (non-hydrogen) atoms. The Labute approximate surface area is 191 Å². The normalized spacial score (nSPS) is 19.5. The fourth-order valence-corrected chi connectivity index (χ4v) is 4.23. The monoisotopic (exact) mass is 471 g/mol. The summed E-state index contributed by atoms with van der Waals surface area (Å²) < 4.78 is 39.0. The molecule has 0 aromatic carbocycles. The predicted molar refractivity (Wildman–Crippen MR) is 119 cm³/mol. The van der Waals surface area contributed by atoms with Crippen LogP contribution in [0.2, 0.25) is 0 Å². The fourth-order valence-electron chi connectivity index (χ4n) is 3.59. The molecule has 1 aliphatic rings. The van der Waals surface area contributed by atoms with Crippen molar-refractivity contribution in [3.63, 3.8) is 0 Å². The van der Waals surface area contributed by atoms with Crippen LogP contribution >= 0.6 is 11.3 Å². The highest BCUT2D eigenvalue weighted by atomic mass is 32.1. The second-order valence-corrected chi connectivity index (χ2v) is 8.24. The third-order valence-electron chi connectivity index (χ3n) is 4.94. The van der Waals surface area contributed by atoms with Gasteiger partial charge in [-0.25, -0.2) is 18.6 Å². The fraction of sp³-hybridized carbons (Fsp3) is 0.591. The highest BCUT2D eigenvalue weighted by Gasteiger charge is 2.45. The number of hydrogen-bond acceptors (Lipinski definition) is 8. The van der Waals surface area contributed by atoms with Crippen LogP contribution in [0, 0.1) is 0 Å². The second kappa shape index (κ2) is 12.8. The number of alkyl halides is 2. The maximum atomic E-state index is 14.3. The highest BCUT2D eigenvalue weighted by molar-refractivity contribution is 7.10. The molecular weight excluding hydrogens is 440 g/mol. The SMILES string of the molecule is CC/C=C(/N/C(CN1CC(F)(F)CC1COCC=O)=C(\CC)C(=O)OCC)c1nccs1. The smallest absolute Gasteiger partial charge is 0.335 e. The molecule has 10 heteroatoms. The van der Waals surface area contributed by atoms with Gasteiger partial charge in [0, 0.05) is 36.3 Å². The first kappa shape index (κ1) is 26.1. The van der Waals surface area contributed by atoms with E-state index in [9.17, 15) is 18.4 Å². The van der Waals surface area contributed by atoms with E-state index in [0.717, 1.165) is 11.4 Å². The van der Waals surface area contributed by atoms with Crippen LogP contribution in [-0.4, -0.2) is 67.0 Å². The van der Waals surface area contributed by atoms with E-state index in [2.05, 4.69) is 10.3 Å². The number of allylic oxidation sites excluding steroid dienone is 1. The first-order valence-electron chi connectivity index (χ1n) is 10.7. The van der Waals surface area contributed by atoms with Gasteiger partial charge in [0.2, 0.25) is 0 Å². The first-order chi connectivity index (χ1) is 15.3. The topological polar surface area (TPSA) is 80.8 Å². The van der Waals surface area contributed by atoms with Crippen molar-refractivity contribution in [2.24, 2.45) is 0 Å². The Morgan fingerprint density at radius 2 is 2.19 bits per heavy atom. The molecule has 0 spiro atoms. The molecule has 178 valence electrons. The summed E-state index contributed by atoms with van der Waals surface area (Å²) in [5, 5.41) is 5.88. The van der Waals surface area contributed by atoms with Crippen molar-refractivity contribution in [1.29, 1.82) is 0 Å². The molecule has 2 rings (SSSR count). The molecule has 1 aromatic rings. The van der Waals surface area contributed by atoms with E-state index in [-0.39, 0.29) is 32.8 Å². The molecule has 7 nitrogen and oxygen atoms in total. The van der Waals surface area contributed by atoms with Gasteiger partial charge in [0.25, 0.3) is 5.92 Å². The minimum atomic E-state index is -2.88. The van der Waals surface area contributed by atoms with Crippen LogP contribution < -0.4 is 5.32 Å². The lowest BCUT2D eigenvalue weighted by molar-refractivity contribution is -0.138. The Hall–Kier alpha value is -2.17. The van der Waals surface area contributed by atoms with Crippen LogP contribution in [0.4, 0.5) is 8.78 Å². The number of carbonyl (C=O) groups excluding carboxylic acids is 2. The number of ether oxygens (including phenoxy) is 2. The maximum absolute atomic E-state index is 14.3. The summed E-state index contributed by atoms with van der Waals surface area (Å²) in [5.74, 6) is -3.36. The molecule has 0 bridgehead atoms. The molecule has 1 aromatic heterocycles. The highest BCUT2D eigenvalue weighted by Crippen LogP contribution is 2.33. The molecule has 1 unspecified atom stereocenters. The minimum Gasteiger partial charge on any atom is -0.463 e. The summed E-state index contributed by atoms with van der Waals surface area (Å²) in [6.45, 7) is 5.22. The van der Waals surface area contributed by atoms with Gasteiger partial charge in [-0.1, -0.05) is 19.9 Å². The lowest BCUT2D eigenvalue weighted by atomic mass is 10.1. The van der Waals surface area contributed by atoms with E-state index in [1.54, 1.807) is 18.0 Å². The number of aromatic nitrogens is 1. The van der Waals surface area contributed by atoms with Gasteiger partial charge in [-0.3, -0.25) is 4.90 Å². The quantitative estimate of drug-likeness (QED) is 0.204. The third-order valence-corrected chi connectivity index (χ3v) is 5.74. The number of nitrogens with zero attached hydrogens (tertiary/aromatic N) is 2. The van der Waals surface area contributed by atoms with Crippen LogP contribution in [0.1, 0.15) is 45.0 Å². The van der Waals surface area contributed by atoms with Crippen molar-refractivity contribution in [3.8, 4) is 0 Å². The molecule has 0 amide bonds. The van der Waals surface area contributed by atoms with Gasteiger partial charge in [0.1, 0.15) is 17.9 Å². The number of aldehydes is 1. The van der Waals surface area contributed by atoms with Gasteiger partial charge >= 0.3 is 5.97 Å². The third kappa shape index (κ3) is 7.46. The van der Waals surface area contributed by atoms with Crippen molar-refractivity contribution in [1.82, 2.24) is 15.2 Å². The second-order valence-electron chi connectivity index (χ2n) is 7.34. The Morgan fingerprint density at radius 1 is 1.41 bits per heavy atom. The molecule has 1 N–H and O–H groups in total. The number of halogens is 2. The summed E-state index contributed by atoms with van der Waals surface area (Å²) >= 11 is 1.44. The standard InChI is InChI=1S/C22H31F2N3O4S/c1-4-7-18(20-25-8-11-32-20)26-19(17(5-2)21(29)31-6-3)13-27-15-22(23,24)12-16(27)14-30-10-9-28/h7-9,11,16,26H,4-6,10,12-15H2,1-3H3/b18-7+,19-17+. The van der Waals surface area contributed by atoms with Crippen molar-refractivity contribution in [2.75, 3.05) is 32.9 Å². The van der Waals surface area contributed by atoms with Gasteiger partial charge in [-0.15, -0.1) is 11.3 Å². The molecule has 1 atom stereocenters. The zero-order chi connectivity index (χ0) is 23.6. The van der Waals surface area contributed by atoms with Crippen LogP contribution in [0.3, 0.4) is 0 Å². The van der Waals surface area contributed by atoms with Crippen LogP contribution in [0.5, 0.6) is 0 Å². The lowest BCUT2D eigenvalue weighted by Gasteiger charge is -2.27. The lowest BCUT2D eigenvalue weighted by Crippen LogP contribution is -2.38. The maximum Gasteiger partial charge on any atom is 0.335 e.